The van der Waals surface area contributed by atoms with Crippen LogP contribution in [0.4, 0.5) is 0 Å². The van der Waals surface area contributed by atoms with Gasteiger partial charge in [0, 0.05) is 0 Å². The molecule has 0 aromatic rings. The molecular weight excluding hydrogens is 243 g/mol. The molecule has 88 valence electrons. The molecule has 8 N–H and O–H groups in total. The summed E-state index contributed by atoms with van der Waals surface area (Å²) in [6, 6.07) is 0. The lowest BCUT2D eigenvalue weighted by atomic mass is 10.5. The third kappa shape index (κ3) is 15.2. The van der Waals surface area contributed by atoms with Crippen molar-refractivity contribution in [3.63, 3.8) is 0 Å². The Morgan fingerprint density at radius 3 is 1.73 bits per heavy atom. The van der Waals surface area contributed by atoms with E-state index in [4.69, 9.17) is 22.9 Å². The molecule has 0 saturated carbocycles. The number of nitrogens with zero attached hydrogens (tertiary/aromatic N) is 4. The zero-order valence-corrected chi connectivity index (χ0v) is 9.63. The molecule has 0 heterocycles. The topological polar surface area (TPSA) is 154 Å². The summed E-state index contributed by atoms with van der Waals surface area (Å²) in [5.74, 6) is -0.263. The fourth-order valence-corrected chi connectivity index (χ4v) is 0.342. The van der Waals surface area contributed by atoms with Crippen LogP contribution in [0.15, 0.2) is 20.4 Å². The molecule has 15 heavy (non-hydrogen) atoms. The fourth-order valence-electron chi connectivity index (χ4n) is 0.342. The number of hydrogen-bond donors (Lipinski definition) is 4. The normalized spacial score (nSPS) is 9.80. The minimum absolute atomic E-state index is 0. The summed E-state index contributed by atoms with van der Waals surface area (Å²) in [6.07, 6.45) is 1.31. The van der Waals surface area contributed by atoms with Gasteiger partial charge in [0.25, 0.3) is 0 Å². The van der Waals surface area contributed by atoms with Crippen LogP contribution < -0.4 is 22.9 Å². The van der Waals surface area contributed by atoms with Crippen LogP contribution in [0.3, 0.4) is 0 Å². The van der Waals surface area contributed by atoms with Crippen LogP contribution in [0.25, 0.3) is 0 Å². The first-order chi connectivity index (χ1) is 6.02. The molecule has 0 aliphatic heterocycles. The van der Waals surface area contributed by atoms with Crippen LogP contribution in [0.2, 0.25) is 0 Å². The van der Waals surface area contributed by atoms with Gasteiger partial charge in [0.15, 0.2) is 0 Å². The highest BCUT2D eigenvalue weighted by atomic mass is 35.5. The Bertz CT molecular complexity index is 273. The predicted octanol–water partition coefficient (Wildman–Crippen LogP) is -1.26. The number of rotatable bonds is 3. The maximum absolute atomic E-state index is 5.03. The van der Waals surface area contributed by atoms with Gasteiger partial charge in [-0.1, -0.05) is 0 Å². The molecule has 0 radical (unpaired) electrons. The van der Waals surface area contributed by atoms with Gasteiger partial charge in [-0.2, -0.15) is 10.2 Å². The molecule has 0 atom stereocenters. The Morgan fingerprint density at radius 2 is 1.33 bits per heavy atom. The van der Waals surface area contributed by atoms with Gasteiger partial charge in [0.2, 0.25) is 11.9 Å². The van der Waals surface area contributed by atoms with Crippen molar-refractivity contribution in [2.24, 2.45) is 43.3 Å². The van der Waals surface area contributed by atoms with Crippen molar-refractivity contribution in [3.05, 3.63) is 0 Å². The summed E-state index contributed by atoms with van der Waals surface area (Å²) in [6.45, 7) is 1.64. The lowest BCUT2D eigenvalue weighted by Gasteiger charge is -1.86. The van der Waals surface area contributed by atoms with E-state index in [1.165, 1.54) is 6.21 Å². The summed E-state index contributed by atoms with van der Waals surface area (Å²) in [5, 5.41) is 13.8. The molecule has 10 heteroatoms. The minimum atomic E-state index is -0.133. The summed E-state index contributed by atoms with van der Waals surface area (Å²) in [5.41, 5.74) is 20.5. The highest BCUT2D eigenvalue weighted by Gasteiger charge is 1.83. The van der Waals surface area contributed by atoms with Gasteiger partial charge in [0.05, 0.1) is 11.9 Å². The number of hydrogen-bond acceptors (Lipinski definition) is 4. The molecule has 0 amide bonds. The average molecular weight is 257 g/mol. The Kier molecular flexibility index (Phi) is 13.4. The van der Waals surface area contributed by atoms with E-state index >= 15 is 0 Å². The van der Waals surface area contributed by atoms with Gasteiger partial charge in [-0.3, -0.25) is 0 Å². The van der Waals surface area contributed by atoms with Gasteiger partial charge in [-0.05, 0) is 6.92 Å². The first kappa shape index (κ1) is 19.1. The van der Waals surface area contributed by atoms with Gasteiger partial charge in [0.1, 0.15) is 0 Å². The van der Waals surface area contributed by atoms with Gasteiger partial charge >= 0.3 is 0 Å². The minimum Gasteiger partial charge on any atom is -0.369 e. The van der Waals surface area contributed by atoms with Crippen LogP contribution in [-0.4, -0.2) is 23.8 Å². The van der Waals surface area contributed by atoms with Crippen molar-refractivity contribution >= 4 is 48.7 Å². The molecule has 0 bridgehead atoms. The maximum Gasteiger partial charge on any atom is 0.211 e. The third-order valence-electron chi connectivity index (χ3n) is 0.741. The third-order valence-corrected chi connectivity index (χ3v) is 0.741. The Balaban J connectivity index is -0.000000720. The number of nitrogens with two attached hydrogens (primary N) is 4. The van der Waals surface area contributed by atoms with Crippen molar-refractivity contribution in [1.82, 2.24) is 0 Å². The molecule has 0 unspecified atom stereocenters. The van der Waals surface area contributed by atoms with Crippen LogP contribution in [0.5, 0.6) is 0 Å². The second kappa shape index (κ2) is 10.5. The standard InChI is InChI=1S/C5H12N8.2ClH/c1-3(11-13-5(8)9)2-10-12-4(6)7;;/h2H,1H3,(H4,6,7,12)(H4,8,9,13);2*1H/b10-2+,11-3?;;. The average Bonchev–Trinajstić information content (AvgIpc) is 2.00. The predicted molar refractivity (Wildman–Crippen MR) is 67.7 cm³/mol. The number of guanidine groups is 2. The second-order valence-electron chi connectivity index (χ2n) is 2.04. The van der Waals surface area contributed by atoms with E-state index in [0.717, 1.165) is 0 Å². The van der Waals surface area contributed by atoms with Crippen molar-refractivity contribution in [2.45, 2.75) is 6.92 Å². The molecule has 0 spiro atoms. The van der Waals surface area contributed by atoms with Crippen LogP contribution in [0, 0.1) is 0 Å². The van der Waals surface area contributed by atoms with Crippen LogP contribution in [-0.2, 0) is 0 Å². The molecule has 0 fully saturated rings. The lowest BCUT2D eigenvalue weighted by Crippen LogP contribution is -2.22. The maximum atomic E-state index is 5.03. The SMILES string of the molecule is CC(/C=N/N=C(N)N)=NN=C(N)N.Cl.Cl. The van der Waals surface area contributed by atoms with E-state index in [1.807, 2.05) is 0 Å². The van der Waals surface area contributed by atoms with E-state index < -0.39 is 0 Å². The van der Waals surface area contributed by atoms with Gasteiger partial charge in [-0.25, -0.2) is 0 Å². The van der Waals surface area contributed by atoms with E-state index in [2.05, 4.69) is 20.4 Å². The Hall–Kier alpha value is -1.54. The highest BCUT2D eigenvalue weighted by molar-refractivity contribution is 6.29. The van der Waals surface area contributed by atoms with E-state index in [0.29, 0.717) is 5.71 Å². The Morgan fingerprint density at radius 1 is 0.867 bits per heavy atom. The highest BCUT2D eigenvalue weighted by Crippen LogP contribution is 1.76. The molecule has 0 aromatic heterocycles. The van der Waals surface area contributed by atoms with Gasteiger partial charge < -0.3 is 22.9 Å². The molecule has 0 aliphatic rings. The lowest BCUT2D eigenvalue weighted by molar-refractivity contribution is 1.19. The summed E-state index contributed by atoms with van der Waals surface area (Å²) in [4.78, 5) is 0. The molecular formula is C5H14Cl2N8. The zero-order valence-electron chi connectivity index (χ0n) is 7.99. The van der Waals surface area contributed by atoms with Crippen LogP contribution in [0.1, 0.15) is 6.92 Å². The largest absolute Gasteiger partial charge is 0.369 e. The molecule has 0 saturated heterocycles. The number of halogens is 2. The van der Waals surface area contributed by atoms with Crippen molar-refractivity contribution in [1.29, 1.82) is 0 Å². The quantitative estimate of drug-likeness (QED) is 0.283. The van der Waals surface area contributed by atoms with E-state index in [-0.39, 0.29) is 36.7 Å². The molecule has 8 nitrogen and oxygen atoms in total. The molecule has 0 aliphatic carbocycles. The van der Waals surface area contributed by atoms with E-state index in [1.54, 1.807) is 6.92 Å². The molecule has 0 aromatic carbocycles. The monoisotopic (exact) mass is 256 g/mol. The van der Waals surface area contributed by atoms with Crippen LogP contribution >= 0.6 is 24.8 Å². The summed E-state index contributed by atoms with van der Waals surface area (Å²) < 4.78 is 0. The van der Waals surface area contributed by atoms with Crippen molar-refractivity contribution in [2.75, 3.05) is 0 Å². The smallest absolute Gasteiger partial charge is 0.211 e. The first-order valence-electron chi connectivity index (χ1n) is 3.27. The fraction of sp³-hybridized carbons (Fsp3) is 0.200. The second-order valence-corrected chi connectivity index (χ2v) is 2.04. The first-order valence-corrected chi connectivity index (χ1v) is 3.27. The summed E-state index contributed by atoms with van der Waals surface area (Å²) in [7, 11) is 0. The van der Waals surface area contributed by atoms with E-state index in [9.17, 15) is 0 Å². The summed E-state index contributed by atoms with van der Waals surface area (Å²) >= 11 is 0. The molecule has 0 rings (SSSR count). The van der Waals surface area contributed by atoms with Crippen molar-refractivity contribution < 1.29 is 0 Å². The zero-order chi connectivity index (χ0) is 10.3. The van der Waals surface area contributed by atoms with Gasteiger partial charge in [-0.15, -0.1) is 35.0 Å². The Labute approximate surface area is 99.4 Å². The van der Waals surface area contributed by atoms with Crippen molar-refractivity contribution in [3.8, 4) is 0 Å².